The van der Waals surface area contributed by atoms with E-state index in [9.17, 15) is 9.00 Å². The normalized spacial score (nSPS) is 15.0. The van der Waals surface area contributed by atoms with Crippen LogP contribution in [-0.2, 0) is 15.6 Å². The van der Waals surface area contributed by atoms with E-state index in [-0.39, 0.29) is 11.8 Å². The van der Waals surface area contributed by atoms with Gasteiger partial charge in [-0.25, -0.2) is 0 Å². The van der Waals surface area contributed by atoms with Crippen LogP contribution in [0.4, 0.5) is 0 Å². The van der Waals surface area contributed by atoms with Crippen LogP contribution in [0.1, 0.15) is 13.3 Å². The van der Waals surface area contributed by atoms with Gasteiger partial charge in [0.15, 0.2) is 0 Å². The molecule has 0 aliphatic carbocycles. The summed E-state index contributed by atoms with van der Waals surface area (Å²) in [6.07, 6.45) is 0.334. The van der Waals surface area contributed by atoms with Crippen LogP contribution in [0, 0.1) is 5.92 Å². The lowest BCUT2D eigenvalue weighted by molar-refractivity contribution is -0.120. The highest BCUT2D eigenvalue weighted by molar-refractivity contribution is 7.85. The van der Waals surface area contributed by atoms with Crippen LogP contribution >= 0.6 is 0 Å². The van der Waals surface area contributed by atoms with E-state index in [2.05, 4.69) is 5.32 Å². The lowest BCUT2D eigenvalue weighted by Crippen LogP contribution is -2.23. The predicted molar refractivity (Wildman–Crippen MR) is 54.8 cm³/mol. The van der Waals surface area contributed by atoms with E-state index in [0.29, 0.717) is 24.5 Å². The van der Waals surface area contributed by atoms with Gasteiger partial charge in [0.2, 0.25) is 5.91 Å². The third kappa shape index (κ3) is 6.72. The van der Waals surface area contributed by atoms with Crippen LogP contribution in [0.3, 0.4) is 0 Å². The Labute approximate surface area is 81.7 Å². The standard InChI is InChI=1S/C8H18N2O2S/c1-7(5-9)6-13(12)4-3-8(11)10-2/h7H,3-6,9H2,1-2H3,(H,10,11). The number of carbonyl (C=O) groups excluding carboxylic acids is 1. The van der Waals surface area contributed by atoms with Crippen molar-refractivity contribution in [2.45, 2.75) is 13.3 Å². The summed E-state index contributed by atoms with van der Waals surface area (Å²) in [5.74, 6) is 1.23. The third-order valence-electron chi connectivity index (χ3n) is 1.71. The number of carbonyl (C=O) groups is 1. The molecule has 3 N–H and O–H groups in total. The number of amides is 1. The van der Waals surface area contributed by atoms with Crippen molar-refractivity contribution in [3.63, 3.8) is 0 Å². The molecule has 0 aliphatic rings. The van der Waals surface area contributed by atoms with Gasteiger partial charge in [-0.1, -0.05) is 6.92 Å². The first-order valence-corrected chi connectivity index (χ1v) is 5.84. The zero-order chi connectivity index (χ0) is 10.3. The van der Waals surface area contributed by atoms with Gasteiger partial charge in [0.1, 0.15) is 0 Å². The molecule has 0 aliphatic heterocycles. The molecule has 0 aromatic heterocycles. The number of hydrogen-bond acceptors (Lipinski definition) is 3. The van der Waals surface area contributed by atoms with E-state index in [1.165, 1.54) is 0 Å². The minimum atomic E-state index is -0.913. The van der Waals surface area contributed by atoms with Crippen molar-refractivity contribution in [1.29, 1.82) is 0 Å². The van der Waals surface area contributed by atoms with Crippen molar-refractivity contribution in [3.05, 3.63) is 0 Å². The van der Waals surface area contributed by atoms with Gasteiger partial charge in [-0.3, -0.25) is 9.00 Å². The molecule has 2 atom stereocenters. The summed E-state index contributed by atoms with van der Waals surface area (Å²) in [7, 11) is 0.664. The summed E-state index contributed by atoms with van der Waals surface area (Å²) in [5.41, 5.74) is 5.39. The SMILES string of the molecule is CNC(=O)CCS(=O)CC(C)CN. The van der Waals surface area contributed by atoms with Crippen molar-refractivity contribution in [2.75, 3.05) is 25.1 Å². The fourth-order valence-electron chi connectivity index (χ4n) is 0.800. The summed E-state index contributed by atoms with van der Waals surface area (Å²) >= 11 is 0. The van der Waals surface area contributed by atoms with Gasteiger partial charge in [0.25, 0.3) is 0 Å². The molecule has 0 aromatic rings. The maximum absolute atomic E-state index is 11.3. The van der Waals surface area contributed by atoms with Crippen molar-refractivity contribution in [2.24, 2.45) is 11.7 Å². The molecule has 0 aromatic carbocycles. The molecule has 1 amide bonds. The Kier molecular flexibility index (Phi) is 6.80. The molecule has 0 bridgehead atoms. The van der Waals surface area contributed by atoms with Crippen LogP contribution in [0.2, 0.25) is 0 Å². The zero-order valence-electron chi connectivity index (χ0n) is 8.21. The highest BCUT2D eigenvalue weighted by Gasteiger charge is 2.07. The Morgan fingerprint density at radius 3 is 2.69 bits per heavy atom. The highest BCUT2D eigenvalue weighted by atomic mass is 32.2. The largest absolute Gasteiger partial charge is 0.359 e. The zero-order valence-corrected chi connectivity index (χ0v) is 9.02. The van der Waals surface area contributed by atoms with Crippen molar-refractivity contribution < 1.29 is 9.00 Å². The van der Waals surface area contributed by atoms with E-state index in [0.717, 1.165) is 0 Å². The molecular formula is C8H18N2O2S. The van der Waals surface area contributed by atoms with Crippen LogP contribution in [0.5, 0.6) is 0 Å². The monoisotopic (exact) mass is 206 g/mol. The number of nitrogens with one attached hydrogen (secondary N) is 1. The van der Waals surface area contributed by atoms with E-state index < -0.39 is 10.8 Å². The molecule has 0 radical (unpaired) electrons. The number of rotatable bonds is 6. The second-order valence-corrected chi connectivity index (χ2v) is 4.70. The second kappa shape index (κ2) is 7.03. The minimum absolute atomic E-state index is 0.0613. The molecule has 4 nitrogen and oxygen atoms in total. The summed E-state index contributed by atoms with van der Waals surface area (Å²) in [4.78, 5) is 10.8. The van der Waals surface area contributed by atoms with E-state index >= 15 is 0 Å². The molecule has 78 valence electrons. The van der Waals surface area contributed by atoms with Gasteiger partial charge in [-0.2, -0.15) is 0 Å². The molecule has 5 heteroatoms. The quantitative estimate of drug-likeness (QED) is 0.613. The Balaban J connectivity index is 3.57. The average Bonchev–Trinajstić information content (AvgIpc) is 2.13. The molecule has 13 heavy (non-hydrogen) atoms. The molecule has 0 saturated carbocycles. The van der Waals surface area contributed by atoms with Crippen LogP contribution in [0.25, 0.3) is 0 Å². The topological polar surface area (TPSA) is 72.2 Å². The fraction of sp³-hybridized carbons (Fsp3) is 0.875. The predicted octanol–water partition coefficient (Wildman–Crippen LogP) is -0.534. The van der Waals surface area contributed by atoms with Gasteiger partial charge in [0, 0.05) is 35.8 Å². The van der Waals surface area contributed by atoms with Crippen LogP contribution < -0.4 is 11.1 Å². The number of hydrogen-bond donors (Lipinski definition) is 2. The second-order valence-electron chi connectivity index (χ2n) is 3.07. The van der Waals surface area contributed by atoms with E-state index in [4.69, 9.17) is 5.73 Å². The molecule has 0 spiro atoms. The first kappa shape index (κ1) is 12.6. The smallest absolute Gasteiger partial charge is 0.220 e. The third-order valence-corrected chi connectivity index (χ3v) is 3.31. The van der Waals surface area contributed by atoms with Crippen molar-refractivity contribution in [3.8, 4) is 0 Å². The summed E-state index contributed by atoms with van der Waals surface area (Å²) < 4.78 is 11.3. The van der Waals surface area contributed by atoms with E-state index in [1.807, 2.05) is 6.92 Å². The van der Waals surface area contributed by atoms with Gasteiger partial charge >= 0.3 is 0 Å². The maximum Gasteiger partial charge on any atom is 0.220 e. The maximum atomic E-state index is 11.3. The van der Waals surface area contributed by atoms with Gasteiger partial charge in [-0.15, -0.1) is 0 Å². The van der Waals surface area contributed by atoms with Crippen molar-refractivity contribution >= 4 is 16.7 Å². The molecular weight excluding hydrogens is 188 g/mol. The lowest BCUT2D eigenvalue weighted by atomic mass is 10.2. The number of nitrogens with two attached hydrogens (primary N) is 1. The first-order chi connectivity index (χ1) is 6.10. The summed E-state index contributed by atoms with van der Waals surface area (Å²) in [6.45, 7) is 2.50. The first-order valence-electron chi connectivity index (χ1n) is 4.35. The molecule has 0 saturated heterocycles. The van der Waals surface area contributed by atoms with Gasteiger partial charge < -0.3 is 11.1 Å². The van der Waals surface area contributed by atoms with Gasteiger partial charge in [-0.05, 0) is 12.5 Å². The van der Waals surface area contributed by atoms with Crippen LogP contribution in [-0.4, -0.2) is 35.2 Å². The lowest BCUT2D eigenvalue weighted by Gasteiger charge is -2.07. The Morgan fingerprint density at radius 2 is 2.23 bits per heavy atom. The van der Waals surface area contributed by atoms with E-state index in [1.54, 1.807) is 7.05 Å². The molecule has 0 heterocycles. The molecule has 0 fully saturated rings. The van der Waals surface area contributed by atoms with Crippen molar-refractivity contribution in [1.82, 2.24) is 5.32 Å². The minimum Gasteiger partial charge on any atom is -0.359 e. The van der Waals surface area contributed by atoms with Crippen LogP contribution in [0.15, 0.2) is 0 Å². The summed E-state index contributed by atoms with van der Waals surface area (Å²) in [5, 5.41) is 2.49. The molecule has 2 unspecified atom stereocenters. The Bertz CT molecular complexity index is 185. The average molecular weight is 206 g/mol. The Morgan fingerprint density at radius 1 is 1.62 bits per heavy atom. The Hall–Kier alpha value is -0.420. The van der Waals surface area contributed by atoms with Gasteiger partial charge in [0.05, 0.1) is 0 Å². The summed E-state index contributed by atoms with van der Waals surface area (Å²) in [6, 6.07) is 0. The molecule has 0 rings (SSSR count). The highest BCUT2D eigenvalue weighted by Crippen LogP contribution is 1.97. The fourth-order valence-corrected chi connectivity index (χ4v) is 2.15.